The van der Waals surface area contributed by atoms with E-state index < -0.39 is 0 Å². The SMILES string of the molecule is [CH2]COC(=O)CBr. The average molecular weight is 166 g/mol. The maximum Gasteiger partial charge on any atom is 0.316 e. The molecule has 0 aliphatic carbocycles. The third kappa shape index (κ3) is 3.79. The van der Waals surface area contributed by atoms with Crippen LogP contribution in [0.1, 0.15) is 0 Å². The van der Waals surface area contributed by atoms with Gasteiger partial charge in [-0.25, -0.2) is 0 Å². The molecule has 0 N–H and O–H groups in total. The van der Waals surface area contributed by atoms with Gasteiger partial charge >= 0.3 is 5.97 Å². The number of carbonyl (C=O) groups excluding carboxylic acids is 1. The van der Waals surface area contributed by atoms with Gasteiger partial charge in [0.15, 0.2) is 0 Å². The molecule has 0 amide bonds. The first-order valence-corrected chi connectivity index (χ1v) is 2.94. The minimum Gasteiger partial charge on any atom is -0.465 e. The number of alkyl halides is 1. The molecule has 41 valence electrons. The predicted molar refractivity (Wildman–Crippen MR) is 30.1 cm³/mol. The summed E-state index contributed by atoms with van der Waals surface area (Å²) in [6.45, 7) is 3.52. The second kappa shape index (κ2) is 4.12. The number of hydrogen-bond acceptors (Lipinski definition) is 2. The van der Waals surface area contributed by atoms with Gasteiger partial charge in [-0.15, -0.1) is 0 Å². The van der Waals surface area contributed by atoms with E-state index in [-0.39, 0.29) is 17.9 Å². The molecule has 7 heavy (non-hydrogen) atoms. The molecule has 0 aromatic heterocycles. The molecule has 0 fully saturated rings. The van der Waals surface area contributed by atoms with Crippen molar-refractivity contribution in [2.24, 2.45) is 0 Å². The van der Waals surface area contributed by atoms with Crippen LogP contribution in [0, 0.1) is 6.92 Å². The Hall–Kier alpha value is -0.0500. The van der Waals surface area contributed by atoms with E-state index in [1.54, 1.807) is 0 Å². The highest BCUT2D eigenvalue weighted by atomic mass is 79.9. The monoisotopic (exact) mass is 165 g/mol. The van der Waals surface area contributed by atoms with E-state index in [0.29, 0.717) is 0 Å². The summed E-state index contributed by atoms with van der Waals surface area (Å²) in [6.07, 6.45) is 0. The fraction of sp³-hybridized carbons (Fsp3) is 0.500. The van der Waals surface area contributed by atoms with E-state index in [4.69, 9.17) is 0 Å². The number of carbonyl (C=O) groups is 1. The van der Waals surface area contributed by atoms with Gasteiger partial charge in [-0.2, -0.15) is 0 Å². The van der Waals surface area contributed by atoms with Crippen molar-refractivity contribution < 1.29 is 9.53 Å². The molecular weight excluding hydrogens is 160 g/mol. The number of halogens is 1. The molecule has 0 atom stereocenters. The van der Waals surface area contributed by atoms with Crippen LogP contribution in [-0.2, 0) is 9.53 Å². The van der Waals surface area contributed by atoms with Crippen molar-refractivity contribution in [2.45, 2.75) is 0 Å². The fourth-order valence-electron chi connectivity index (χ4n) is 0.152. The second-order valence-corrected chi connectivity index (χ2v) is 1.41. The van der Waals surface area contributed by atoms with Crippen LogP contribution in [0.5, 0.6) is 0 Å². The van der Waals surface area contributed by atoms with Crippen LogP contribution >= 0.6 is 15.9 Å². The van der Waals surface area contributed by atoms with E-state index in [1.165, 1.54) is 0 Å². The first-order valence-electron chi connectivity index (χ1n) is 1.82. The highest BCUT2D eigenvalue weighted by molar-refractivity contribution is 9.09. The molecular formula is C4H6BrO2. The lowest BCUT2D eigenvalue weighted by Crippen LogP contribution is -2.03. The fourth-order valence-corrected chi connectivity index (χ4v) is 0.314. The molecule has 0 rings (SSSR count). The molecule has 3 heteroatoms. The van der Waals surface area contributed by atoms with Crippen LogP contribution in [-0.4, -0.2) is 17.9 Å². The molecule has 0 aliphatic heterocycles. The Labute approximate surface area is 51.0 Å². The molecule has 0 spiro atoms. The van der Waals surface area contributed by atoms with Gasteiger partial charge in [0.1, 0.15) is 5.33 Å². The zero-order valence-electron chi connectivity index (χ0n) is 3.82. The molecule has 0 bridgehead atoms. The predicted octanol–water partition coefficient (Wildman–Crippen LogP) is 0.759. The maximum atomic E-state index is 10.1. The summed E-state index contributed by atoms with van der Waals surface area (Å²) < 4.78 is 4.39. The largest absolute Gasteiger partial charge is 0.465 e. The Bertz CT molecular complexity index is 62.7. The lowest BCUT2D eigenvalue weighted by Gasteiger charge is -1.92. The lowest BCUT2D eigenvalue weighted by molar-refractivity contribution is -0.139. The Morgan fingerprint density at radius 3 is 2.57 bits per heavy atom. The van der Waals surface area contributed by atoms with Crippen LogP contribution in [0.2, 0.25) is 0 Å². The van der Waals surface area contributed by atoms with Gasteiger partial charge in [0.25, 0.3) is 0 Å². The van der Waals surface area contributed by atoms with Gasteiger partial charge in [-0.1, -0.05) is 15.9 Å². The van der Waals surface area contributed by atoms with Crippen LogP contribution < -0.4 is 0 Å². The normalized spacial score (nSPS) is 8.29. The summed E-state index contributed by atoms with van der Waals surface area (Å²) in [7, 11) is 0. The van der Waals surface area contributed by atoms with Crippen molar-refractivity contribution in [3.8, 4) is 0 Å². The van der Waals surface area contributed by atoms with Gasteiger partial charge in [0, 0.05) is 0 Å². The Kier molecular flexibility index (Phi) is 4.09. The standard InChI is InChI=1S/C4H6BrO2/c1-2-7-4(6)3-5/h1-3H2. The Balaban J connectivity index is 3.00. The van der Waals surface area contributed by atoms with Gasteiger partial charge < -0.3 is 4.74 Å². The first-order chi connectivity index (χ1) is 3.31. The zero-order chi connectivity index (χ0) is 5.70. The topological polar surface area (TPSA) is 26.3 Å². The van der Waals surface area contributed by atoms with Crippen molar-refractivity contribution in [3.05, 3.63) is 6.92 Å². The molecule has 0 saturated carbocycles. The molecule has 0 unspecified atom stereocenters. The summed E-state index contributed by atoms with van der Waals surface area (Å²) in [5.74, 6) is -0.269. The molecule has 0 aromatic carbocycles. The van der Waals surface area contributed by atoms with Crippen LogP contribution in [0.25, 0.3) is 0 Å². The zero-order valence-corrected chi connectivity index (χ0v) is 5.40. The van der Waals surface area contributed by atoms with Crippen LogP contribution in [0.3, 0.4) is 0 Å². The van der Waals surface area contributed by atoms with E-state index in [1.807, 2.05) is 0 Å². The average Bonchev–Trinajstić information content (AvgIpc) is 1.68. The van der Waals surface area contributed by atoms with E-state index in [9.17, 15) is 4.79 Å². The first kappa shape index (κ1) is 6.95. The van der Waals surface area contributed by atoms with Gasteiger partial charge in [0.05, 0.1) is 6.61 Å². The van der Waals surface area contributed by atoms with Gasteiger partial charge in [-0.3, -0.25) is 4.79 Å². The molecule has 0 aromatic rings. The molecule has 1 radical (unpaired) electrons. The lowest BCUT2D eigenvalue weighted by atomic mass is 10.8. The minimum atomic E-state index is -0.269. The van der Waals surface area contributed by atoms with Crippen molar-refractivity contribution in [1.29, 1.82) is 0 Å². The molecule has 2 nitrogen and oxygen atoms in total. The molecule has 0 heterocycles. The van der Waals surface area contributed by atoms with Crippen LogP contribution in [0.15, 0.2) is 0 Å². The summed E-state index contributed by atoms with van der Waals surface area (Å²) in [5.41, 5.74) is 0. The van der Waals surface area contributed by atoms with Gasteiger partial charge in [-0.05, 0) is 6.92 Å². The maximum absolute atomic E-state index is 10.1. The molecule has 0 aliphatic rings. The van der Waals surface area contributed by atoms with E-state index in [2.05, 4.69) is 27.6 Å². The summed E-state index contributed by atoms with van der Waals surface area (Å²) >= 11 is 2.91. The van der Waals surface area contributed by atoms with Crippen LogP contribution in [0.4, 0.5) is 0 Å². The van der Waals surface area contributed by atoms with Crippen molar-refractivity contribution in [3.63, 3.8) is 0 Å². The number of hydrogen-bond donors (Lipinski definition) is 0. The van der Waals surface area contributed by atoms with Crippen molar-refractivity contribution >= 4 is 21.9 Å². The smallest absolute Gasteiger partial charge is 0.316 e. The number of ether oxygens (including phenoxy) is 1. The summed E-state index contributed by atoms with van der Waals surface area (Å²) in [6, 6.07) is 0. The Morgan fingerprint density at radius 1 is 1.86 bits per heavy atom. The molecule has 0 saturated heterocycles. The third-order valence-electron chi connectivity index (χ3n) is 0.372. The highest BCUT2D eigenvalue weighted by Crippen LogP contribution is 1.82. The van der Waals surface area contributed by atoms with Gasteiger partial charge in [0.2, 0.25) is 0 Å². The highest BCUT2D eigenvalue weighted by Gasteiger charge is 1.92. The number of esters is 1. The van der Waals surface area contributed by atoms with E-state index >= 15 is 0 Å². The Morgan fingerprint density at radius 2 is 2.43 bits per heavy atom. The number of rotatable bonds is 2. The minimum absolute atomic E-state index is 0.213. The van der Waals surface area contributed by atoms with Crippen molar-refractivity contribution in [1.82, 2.24) is 0 Å². The second-order valence-electron chi connectivity index (χ2n) is 0.854. The quantitative estimate of drug-likeness (QED) is 0.447. The third-order valence-corrected chi connectivity index (χ3v) is 0.830. The summed E-state index contributed by atoms with van der Waals surface area (Å²) in [4.78, 5) is 10.1. The summed E-state index contributed by atoms with van der Waals surface area (Å²) in [5, 5.41) is 0.252. The van der Waals surface area contributed by atoms with Crippen molar-refractivity contribution in [2.75, 3.05) is 11.9 Å². The van der Waals surface area contributed by atoms with E-state index in [0.717, 1.165) is 0 Å².